The van der Waals surface area contributed by atoms with Crippen molar-refractivity contribution in [2.75, 3.05) is 13.1 Å². The molecule has 1 rings (SSSR count). The molecule has 0 radical (unpaired) electrons. The molecule has 0 fully saturated rings. The predicted molar refractivity (Wildman–Crippen MR) is 72.1 cm³/mol. The second-order valence-corrected chi connectivity index (χ2v) is 5.41. The Hall–Kier alpha value is -0.890. The Bertz CT molecular complexity index is 360. The molecule has 1 nitrogen and oxygen atoms in total. The molecule has 17 heavy (non-hydrogen) atoms. The second kappa shape index (κ2) is 5.63. The van der Waals surface area contributed by atoms with Gasteiger partial charge >= 0.3 is 0 Å². The first-order valence-electron chi connectivity index (χ1n) is 6.36. The second-order valence-electron chi connectivity index (χ2n) is 5.41. The van der Waals surface area contributed by atoms with Gasteiger partial charge in [-0.05, 0) is 55.5 Å². The average molecular weight is 237 g/mol. The molecule has 1 aromatic carbocycles. The molecular formula is C15H24FN. The number of hydrogen-bond acceptors (Lipinski definition) is 1. The summed E-state index contributed by atoms with van der Waals surface area (Å²) in [6, 6.07) is 3.96. The van der Waals surface area contributed by atoms with Crippen LogP contribution < -0.4 is 5.32 Å². The van der Waals surface area contributed by atoms with Gasteiger partial charge in [0.15, 0.2) is 0 Å². The summed E-state index contributed by atoms with van der Waals surface area (Å²) in [5, 5.41) is 3.34. The molecular weight excluding hydrogens is 213 g/mol. The molecule has 0 spiro atoms. The summed E-state index contributed by atoms with van der Waals surface area (Å²) in [4.78, 5) is 0. The minimum absolute atomic E-state index is 0.0729. The molecule has 0 saturated heterocycles. The van der Waals surface area contributed by atoms with Crippen LogP contribution in [0.1, 0.15) is 43.9 Å². The van der Waals surface area contributed by atoms with Gasteiger partial charge in [0, 0.05) is 0 Å². The summed E-state index contributed by atoms with van der Waals surface area (Å²) in [5.41, 5.74) is 2.81. The molecule has 96 valence electrons. The lowest BCUT2D eigenvalue weighted by Gasteiger charge is -2.26. The Labute approximate surface area is 104 Å². The fraction of sp³-hybridized carbons (Fsp3) is 0.600. The quantitative estimate of drug-likeness (QED) is 0.770. The van der Waals surface area contributed by atoms with E-state index in [1.807, 2.05) is 26.0 Å². The van der Waals surface area contributed by atoms with E-state index in [2.05, 4.69) is 26.1 Å². The fourth-order valence-electron chi connectivity index (χ4n) is 2.06. The van der Waals surface area contributed by atoms with Gasteiger partial charge < -0.3 is 5.32 Å². The van der Waals surface area contributed by atoms with E-state index < -0.39 is 0 Å². The van der Waals surface area contributed by atoms with Crippen LogP contribution >= 0.6 is 0 Å². The molecule has 0 aliphatic heterocycles. The van der Waals surface area contributed by atoms with Crippen molar-refractivity contribution >= 4 is 0 Å². The normalized spacial score (nSPS) is 11.9. The minimum Gasteiger partial charge on any atom is -0.317 e. The van der Waals surface area contributed by atoms with Crippen molar-refractivity contribution in [1.82, 2.24) is 5.32 Å². The van der Waals surface area contributed by atoms with Crippen molar-refractivity contribution in [3.63, 3.8) is 0 Å². The molecule has 0 unspecified atom stereocenters. The molecule has 0 heterocycles. The molecule has 0 saturated carbocycles. The van der Waals surface area contributed by atoms with E-state index in [4.69, 9.17) is 0 Å². The topological polar surface area (TPSA) is 12.0 Å². The molecule has 1 N–H and O–H groups in total. The van der Waals surface area contributed by atoms with Crippen LogP contribution in [0.2, 0.25) is 0 Å². The van der Waals surface area contributed by atoms with Gasteiger partial charge in [-0.1, -0.05) is 32.9 Å². The van der Waals surface area contributed by atoms with Gasteiger partial charge in [0.2, 0.25) is 0 Å². The lowest BCUT2D eigenvalue weighted by atomic mass is 9.80. The number of halogens is 1. The van der Waals surface area contributed by atoms with Crippen molar-refractivity contribution in [1.29, 1.82) is 0 Å². The van der Waals surface area contributed by atoms with Gasteiger partial charge in [-0.3, -0.25) is 0 Å². The van der Waals surface area contributed by atoms with Crippen LogP contribution in [0, 0.1) is 19.7 Å². The number of nitrogens with one attached hydrogen (secondary N) is 1. The summed E-state index contributed by atoms with van der Waals surface area (Å²) in [5.74, 6) is -0.0729. The van der Waals surface area contributed by atoms with Gasteiger partial charge in [0.1, 0.15) is 5.82 Å². The average Bonchev–Trinajstić information content (AvgIpc) is 2.25. The molecule has 1 aromatic rings. The largest absolute Gasteiger partial charge is 0.317 e. The van der Waals surface area contributed by atoms with Crippen LogP contribution in [-0.4, -0.2) is 13.1 Å². The first-order chi connectivity index (χ1) is 7.88. The molecule has 0 aliphatic carbocycles. The van der Waals surface area contributed by atoms with Crippen molar-refractivity contribution < 1.29 is 4.39 Å². The number of rotatable bonds is 5. The van der Waals surface area contributed by atoms with E-state index in [-0.39, 0.29) is 11.2 Å². The summed E-state index contributed by atoms with van der Waals surface area (Å²) in [6.45, 7) is 12.2. The van der Waals surface area contributed by atoms with E-state index >= 15 is 0 Å². The predicted octanol–water partition coefficient (Wildman–Crippen LogP) is 3.72. The molecule has 0 amide bonds. The third-order valence-corrected chi connectivity index (χ3v) is 3.39. The highest BCUT2D eigenvalue weighted by Gasteiger charge is 2.21. The van der Waals surface area contributed by atoms with E-state index in [1.54, 1.807) is 0 Å². The molecule has 0 atom stereocenters. The van der Waals surface area contributed by atoms with Gasteiger partial charge in [-0.15, -0.1) is 0 Å². The molecule has 0 aliphatic rings. The Morgan fingerprint density at radius 3 is 2.18 bits per heavy atom. The lowest BCUT2D eigenvalue weighted by Crippen LogP contribution is -2.25. The monoisotopic (exact) mass is 237 g/mol. The standard InChI is InChI=1S/C15H24FN/c1-6-17-8-7-15(4,5)13-9-11(2)14(16)12(3)10-13/h9-10,17H,6-8H2,1-5H3. The highest BCUT2D eigenvalue weighted by atomic mass is 19.1. The smallest absolute Gasteiger partial charge is 0.129 e. The SMILES string of the molecule is CCNCCC(C)(C)c1cc(C)c(F)c(C)c1. The number of hydrogen-bond donors (Lipinski definition) is 1. The maximum absolute atomic E-state index is 13.6. The van der Waals surface area contributed by atoms with Crippen LogP contribution in [0.25, 0.3) is 0 Å². The zero-order valence-electron chi connectivity index (χ0n) is 11.7. The zero-order valence-corrected chi connectivity index (χ0v) is 11.7. The summed E-state index contributed by atoms with van der Waals surface area (Å²) < 4.78 is 13.6. The third kappa shape index (κ3) is 3.53. The van der Waals surface area contributed by atoms with Gasteiger partial charge in [0.05, 0.1) is 0 Å². The minimum atomic E-state index is -0.0729. The Kier molecular flexibility index (Phi) is 4.70. The van der Waals surface area contributed by atoms with E-state index in [0.29, 0.717) is 0 Å². The van der Waals surface area contributed by atoms with Crippen LogP contribution in [0.5, 0.6) is 0 Å². The molecule has 0 aromatic heterocycles. The zero-order chi connectivity index (χ0) is 13.1. The first-order valence-corrected chi connectivity index (χ1v) is 6.36. The van der Waals surface area contributed by atoms with Crippen LogP contribution in [0.4, 0.5) is 4.39 Å². The van der Waals surface area contributed by atoms with Crippen LogP contribution in [0.15, 0.2) is 12.1 Å². The Balaban J connectivity index is 2.90. The van der Waals surface area contributed by atoms with Gasteiger partial charge in [0.25, 0.3) is 0 Å². The first kappa shape index (κ1) is 14.2. The highest BCUT2D eigenvalue weighted by Crippen LogP contribution is 2.29. The fourth-order valence-corrected chi connectivity index (χ4v) is 2.06. The molecule has 2 heteroatoms. The van der Waals surface area contributed by atoms with Crippen molar-refractivity contribution in [2.24, 2.45) is 0 Å². The summed E-state index contributed by atoms with van der Waals surface area (Å²) in [6.07, 6.45) is 1.06. The van der Waals surface area contributed by atoms with E-state index in [9.17, 15) is 4.39 Å². The lowest BCUT2D eigenvalue weighted by molar-refractivity contribution is 0.459. The van der Waals surface area contributed by atoms with Crippen molar-refractivity contribution in [3.05, 3.63) is 34.6 Å². The van der Waals surface area contributed by atoms with Crippen molar-refractivity contribution in [2.45, 2.75) is 46.5 Å². The molecule has 0 bridgehead atoms. The van der Waals surface area contributed by atoms with Gasteiger partial charge in [-0.25, -0.2) is 4.39 Å². The number of benzene rings is 1. The van der Waals surface area contributed by atoms with Crippen LogP contribution in [0.3, 0.4) is 0 Å². The number of aryl methyl sites for hydroxylation is 2. The Morgan fingerprint density at radius 1 is 1.18 bits per heavy atom. The van der Waals surface area contributed by atoms with Gasteiger partial charge in [-0.2, -0.15) is 0 Å². The summed E-state index contributed by atoms with van der Waals surface area (Å²) >= 11 is 0. The summed E-state index contributed by atoms with van der Waals surface area (Å²) in [7, 11) is 0. The third-order valence-electron chi connectivity index (χ3n) is 3.39. The van der Waals surface area contributed by atoms with Crippen molar-refractivity contribution in [3.8, 4) is 0 Å². The van der Waals surface area contributed by atoms with E-state index in [1.165, 1.54) is 5.56 Å². The van der Waals surface area contributed by atoms with E-state index in [0.717, 1.165) is 30.6 Å². The maximum atomic E-state index is 13.6. The Morgan fingerprint density at radius 2 is 1.71 bits per heavy atom. The highest BCUT2D eigenvalue weighted by molar-refractivity contribution is 5.34. The van der Waals surface area contributed by atoms with Crippen LogP contribution in [-0.2, 0) is 5.41 Å². The maximum Gasteiger partial charge on any atom is 0.129 e.